The minimum Gasteiger partial charge on any atom is -0.391 e. The molecule has 2 aromatic rings. The van der Waals surface area contributed by atoms with Crippen LogP contribution >= 0.6 is 22.7 Å². The zero-order chi connectivity index (χ0) is 14.3. The number of aliphatic hydroxyl groups excluding tert-OH is 1. The van der Waals surface area contributed by atoms with Crippen molar-refractivity contribution in [2.75, 3.05) is 4.72 Å². The molecule has 0 saturated heterocycles. The van der Waals surface area contributed by atoms with Gasteiger partial charge in [-0.1, -0.05) is 0 Å². The summed E-state index contributed by atoms with van der Waals surface area (Å²) < 4.78 is 27.2. The Balaban J connectivity index is 1.83. The Morgan fingerprint density at radius 3 is 2.85 bits per heavy atom. The van der Waals surface area contributed by atoms with Crippen molar-refractivity contribution >= 4 is 37.8 Å². The molecule has 0 spiro atoms. The molecule has 0 aliphatic heterocycles. The normalized spacial score (nSPS) is 15.5. The summed E-state index contributed by atoms with van der Waals surface area (Å²) >= 11 is 2.40. The van der Waals surface area contributed by atoms with Crippen LogP contribution in [0.15, 0.2) is 15.7 Å². The summed E-state index contributed by atoms with van der Waals surface area (Å²) in [6, 6.07) is 1.58. The number of nitrogens with zero attached hydrogens (tertiary/aromatic N) is 1. The molecule has 0 unspecified atom stereocenters. The topological polar surface area (TPSA) is 79.3 Å². The highest BCUT2D eigenvalue weighted by molar-refractivity contribution is 7.94. The molecule has 0 radical (unpaired) electrons. The fourth-order valence-corrected chi connectivity index (χ4v) is 5.34. The van der Waals surface area contributed by atoms with Gasteiger partial charge in [0.05, 0.1) is 12.3 Å². The Morgan fingerprint density at radius 1 is 1.50 bits per heavy atom. The third-order valence-electron chi connectivity index (χ3n) is 3.15. The van der Waals surface area contributed by atoms with Crippen molar-refractivity contribution in [3.8, 4) is 0 Å². The second-order valence-corrected chi connectivity index (χ2v) is 8.69. The van der Waals surface area contributed by atoms with Gasteiger partial charge in [0.15, 0.2) is 5.13 Å². The number of thiophene rings is 1. The number of aryl methyl sites for hydroxylation is 1. The van der Waals surface area contributed by atoms with Crippen LogP contribution in [0.5, 0.6) is 0 Å². The van der Waals surface area contributed by atoms with E-state index in [1.807, 2.05) is 5.38 Å². The van der Waals surface area contributed by atoms with E-state index < -0.39 is 10.0 Å². The molecule has 1 aliphatic rings. The maximum Gasteiger partial charge on any atom is 0.273 e. The number of aromatic nitrogens is 1. The van der Waals surface area contributed by atoms with Gasteiger partial charge in [0.25, 0.3) is 10.0 Å². The van der Waals surface area contributed by atoms with Gasteiger partial charge in [-0.05, 0) is 31.4 Å². The largest absolute Gasteiger partial charge is 0.391 e. The summed E-state index contributed by atoms with van der Waals surface area (Å²) in [5, 5.41) is 11.5. The molecular formula is C12H14N2O3S3. The van der Waals surface area contributed by atoms with Gasteiger partial charge in [0.2, 0.25) is 0 Å². The predicted octanol–water partition coefficient (Wildman–Crippen LogP) is 2.68. The second kappa shape index (κ2) is 5.10. The highest BCUT2D eigenvalue weighted by Gasteiger charge is 2.27. The van der Waals surface area contributed by atoms with Gasteiger partial charge in [-0.25, -0.2) is 13.4 Å². The van der Waals surface area contributed by atoms with E-state index in [1.165, 1.54) is 11.3 Å². The minimum absolute atomic E-state index is 0.144. The number of rotatable bonds is 5. The number of sulfonamides is 1. The maximum absolute atomic E-state index is 12.3. The average molecular weight is 330 g/mol. The van der Waals surface area contributed by atoms with E-state index in [4.69, 9.17) is 5.11 Å². The smallest absolute Gasteiger partial charge is 0.273 e. The summed E-state index contributed by atoms with van der Waals surface area (Å²) in [5.41, 5.74) is 1.77. The van der Waals surface area contributed by atoms with Gasteiger partial charge in [0.1, 0.15) is 4.21 Å². The Kier molecular flexibility index (Phi) is 3.57. The van der Waals surface area contributed by atoms with Crippen molar-refractivity contribution in [3.63, 3.8) is 0 Å². The molecule has 2 N–H and O–H groups in total. The lowest BCUT2D eigenvalue weighted by Crippen LogP contribution is -2.11. The molecule has 108 valence electrons. The van der Waals surface area contributed by atoms with Crippen LogP contribution in [0.4, 0.5) is 5.13 Å². The number of hydrogen-bond acceptors (Lipinski definition) is 6. The van der Waals surface area contributed by atoms with E-state index in [2.05, 4.69) is 9.71 Å². The predicted molar refractivity (Wildman–Crippen MR) is 79.9 cm³/mol. The van der Waals surface area contributed by atoms with Crippen molar-refractivity contribution in [2.24, 2.45) is 0 Å². The quantitative estimate of drug-likeness (QED) is 0.883. The Hall–Kier alpha value is -0.960. The van der Waals surface area contributed by atoms with E-state index in [9.17, 15) is 8.42 Å². The van der Waals surface area contributed by atoms with Crippen LogP contribution in [0.3, 0.4) is 0 Å². The van der Waals surface area contributed by atoms with Crippen molar-refractivity contribution in [3.05, 3.63) is 27.6 Å². The van der Waals surface area contributed by atoms with Crippen LogP contribution in [0, 0.1) is 6.92 Å². The first-order chi connectivity index (χ1) is 9.49. The summed E-state index contributed by atoms with van der Waals surface area (Å²) in [5.74, 6) is 0.509. The van der Waals surface area contributed by atoms with Crippen LogP contribution in [-0.2, 0) is 16.6 Å². The van der Waals surface area contributed by atoms with Crippen LogP contribution < -0.4 is 4.72 Å². The minimum atomic E-state index is -3.61. The highest BCUT2D eigenvalue weighted by atomic mass is 32.2. The molecule has 1 saturated carbocycles. The Morgan fingerprint density at radius 2 is 2.25 bits per heavy atom. The van der Waals surface area contributed by atoms with Crippen molar-refractivity contribution in [1.82, 2.24) is 4.98 Å². The first-order valence-corrected chi connectivity index (χ1v) is 9.36. The number of anilines is 1. The molecule has 0 aromatic carbocycles. The molecule has 0 atom stereocenters. The molecule has 0 bridgehead atoms. The molecule has 8 heteroatoms. The number of hydrogen-bond donors (Lipinski definition) is 2. The zero-order valence-corrected chi connectivity index (χ0v) is 13.2. The van der Waals surface area contributed by atoms with Crippen LogP contribution in [0.25, 0.3) is 0 Å². The van der Waals surface area contributed by atoms with Gasteiger partial charge in [-0.2, -0.15) is 0 Å². The third-order valence-corrected chi connectivity index (χ3v) is 7.09. The van der Waals surface area contributed by atoms with Gasteiger partial charge in [-0.15, -0.1) is 22.7 Å². The van der Waals surface area contributed by atoms with Gasteiger partial charge in [-0.3, -0.25) is 4.72 Å². The third kappa shape index (κ3) is 2.73. The molecule has 3 rings (SSSR count). The molecular weight excluding hydrogens is 316 g/mol. The fraction of sp³-hybridized carbons (Fsp3) is 0.417. The van der Waals surface area contributed by atoms with Gasteiger partial charge in [0, 0.05) is 16.2 Å². The molecule has 1 fully saturated rings. The molecule has 1 aliphatic carbocycles. The lowest BCUT2D eigenvalue weighted by molar-refractivity contribution is 0.285. The zero-order valence-electron chi connectivity index (χ0n) is 10.8. The van der Waals surface area contributed by atoms with Crippen molar-refractivity contribution < 1.29 is 13.5 Å². The van der Waals surface area contributed by atoms with Crippen LogP contribution in [0.2, 0.25) is 0 Å². The van der Waals surface area contributed by atoms with Gasteiger partial charge < -0.3 is 5.11 Å². The Labute approximate surface area is 125 Å². The summed E-state index contributed by atoms with van der Waals surface area (Å²) in [6.07, 6.45) is 2.28. The van der Waals surface area contributed by atoms with E-state index in [1.54, 1.807) is 13.0 Å². The number of thiazole rings is 1. The monoisotopic (exact) mass is 330 g/mol. The average Bonchev–Trinajstić information content (AvgIpc) is 3.02. The molecule has 2 heterocycles. The fourth-order valence-electron chi connectivity index (χ4n) is 1.84. The standard InChI is InChI=1S/C12H14N2O3S3/c1-7-4-11(19-10(7)5-15)20(16,17)14-12-13-9(6-18-12)8-2-3-8/h4,6,8,15H,2-3,5H2,1H3,(H,13,14). The molecule has 5 nitrogen and oxygen atoms in total. The highest BCUT2D eigenvalue weighted by Crippen LogP contribution is 2.41. The van der Waals surface area contributed by atoms with E-state index in [0.29, 0.717) is 15.9 Å². The van der Waals surface area contributed by atoms with Crippen LogP contribution in [0.1, 0.15) is 34.9 Å². The van der Waals surface area contributed by atoms with Gasteiger partial charge >= 0.3 is 0 Å². The summed E-state index contributed by atoms with van der Waals surface area (Å²) in [4.78, 5) is 4.99. The molecule has 20 heavy (non-hydrogen) atoms. The van der Waals surface area contributed by atoms with Crippen molar-refractivity contribution in [2.45, 2.75) is 36.5 Å². The van der Waals surface area contributed by atoms with Crippen LogP contribution in [-0.4, -0.2) is 18.5 Å². The molecule has 2 aromatic heterocycles. The second-order valence-electron chi connectivity index (χ2n) is 4.79. The number of aliphatic hydroxyl groups is 1. The van der Waals surface area contributed by atoms with E-state index in [-0.39, 0.29) is 10.8 Å². The van der Waals surface area contributed by atoms with E-state index in [0.717, 1.165) is 35.4 Å². The first kappa shape index (κ1) is 14.0. The lowest BCUT2D eigenvalue weighted by atomic mass is 10.3. The van der Waals surface area contributed by atoms with E-state index >= 15 is 0 Å². The summed E-state index contributed by atoms with van der Waals surface area (Å²) in [7, 11) is -3.61. The van der Waals surface area contributed by atoms with Crippen molar-refractivity contribution in [1.29, 1.82) is 0 Å². The Bertz CT molecular complexity index is 729. The first-order valence-electron chi connectivity index (χ1n) is 6.18. The maximum atomic E-state index is 12.3. The lowest BCUT2D eigenvalue weighted by Gasteiger charge is -2.01. The molecule has 0 amide bonds. The number of nitrogens with one attached hydrogen (secondary N) is 1. The SMILES string of the molecule is Cc1cc(S(=O)(=O)Nc2nc(C3CC3)cs2)sc1CO. The summed E-state index contributed by atoms with van der Waals surface area (Å²) in [6.45, 7) is 1.64.